The predicted molar refractivity (Wildman–Crippen MR) is 184 cm³/mol. The summed E-state index contributed by atoms with van der Waals surface area (Å²) < 4.78 is 40.0. The summed E-state index contributed by atoms with van der Waals surface area (Å²) in [5.41, 5.74) is -1.85. The molecule has 0 radical (unpaired) electrons. The van der Waals surface area contributed by atoms with Crippen LogP contribution in [-0.2, 0) is 33.6 Å². The average molecular weight is 744 g/mol. The highest BCUT2D eigenvalue weighted by Crippen LogP contribution is 2.34. The molecule has 0 aromatic heterocycles. The first kappa shape index (κ1) is 42.5. The van der Waals surface area contributed by atoms with Gasteiger partial charge in [-0.25, -0.2) is 0 Å². The van der Waals surface area contributed by atoms with Crippen molar-refractivity contribution in [3.8, 4) is 0 Å². The molecule has 2 atom stereocenters. The fourth-order valence-electron chi connectivity index (χ4n) is 7.31. The van der Waals surface area contributed by atoms with Crippen molar-refractivity contribution >= 4 is 41.4 Å². The molecule has 1 aliphatic carbocycles. The van der Waals surface area contributed by atoms with Gasteiger partial charge in [0.1, 0.15) is 17.6 Å². The van der Waals surface area contributed by atoms with E-state index < -0.39 is 71.6 Å². The largest absolute Gasteiger partial charge is 0.471 e. The van der Waals surface area contributed by atoms with Crippen LogP contribution in [0.3, 0.4) is 0 Å². The van der Waals surface area contributed by atoms with E-state index in [9.17, 15) is 46.7 Å². The Morgan fingerprint density at radius 1 is 0.808 bits per heavy atom. The number of halogens is 3. The molecule has 2 saturated heterocycles. The Morgan fingerprint density at radius 2 is 1.37 bits per heavy atom. The highest BCUT2D eigenvalue weighted by molar-refractivity contribution is 5.98. The standard InChI is InChI=1S/C35H56F3N7O7/c1-5-15-44(23-26(46)39-22-28(48)42-17-9-10-18-42)27(47)21-25(31(50)43-19-11-12-20-43)40-30(49)29(24(3)4)45(16-6-2)33(52)34(13-7-8-14-34)41-32(51)35(36,37)38/h24-25,29H,5-23H2,1-4H3,(H,39,46)(H,40,49)(H,41,51)/t25-,29?/m0/s1. The van der Waals surface area contributed by atoms with E-state index in [0.717, 1.165) is 25.7 Å². The van der Waals surface area contributed by atoms with Gasteiger partial charge in [0.15, 0.2) is 0 Å². The van der Waals surface area contributed by atoms with Gasteiger partial charge in [-0.1, -0.05) is 40.5 Å². The first-order valence-corrected chi connectivity index (χ1v) is 18.7. The van der Waals surface area contributed by atoms with Crippen LogP contribution in [0, 0.1) is 5.92 Å². The topological polar surface area (TPSA) is 169 Å². The van der Waals surface area contributed by atoms with Gasteiger partial charge in [-0.3, -0.25) is 33.6 Å². The quantitative estimate of drug-likeness (QED) is 0.204. The minimum Gasteiger partial charge on any atom is -0.345 e. The number of likely N-dealkylation sites (tertiary alicyclic amines) is 2. The van der Waals surface area contributed by atoms with Crippen molar-refractivity contribution in [2.24, 2.45) is 5.92 Å². The Kier molecular flexibility index (Phi) is 15.7. The van der Waals surface area contributed by atoms with E-state index in [1.54, 1.807) is 30.6 Å². The van der Waals surface area contributed by atoms with Crippen molar-refractivity contribution in [3.63, 3.8) is 0 Å². The Balaban J connectivity index is 1.83. The van der Waals surface area contributed by atoms with Gasteiger partial charge in [0, 0.05) is 39.3 Å². The van der Waals surface area contributed by atoms with E-state index in [0.29, 0.717) is 51.9 Å². The third-order valence-electron chi connectivity index (χ3n) is 9.93. The first-order valence-electron chi connectivity index (χ1n) is 18.7. The van der Waals surface area contributed by atoms with Crippen LogP contribution in [0.15, 0.2) is 0 Å². The summed E-state index contributed by atoms with van der Waals surface area (Å²) in [6.07, 6.45) is -0.860. The Bertz CT molecular complexity index is 1290. The lowest BCUT2D eigenvalue weighted by Gasteiger charge is -2.40. The number of carbonyl (C=O) groups is 7. The monoisotopic (exact) mass is 743 g/mol. The second-order valence-electron chi connectivity index (χ2n) is 14.4. The number of hydrogen-bond acceptors (Lipinski definition) is 7. The van der Waals surface area contributed by atoms with Gasteiger partial charge in [-0.2, -0.15) is 13.2 Å². The first-order chi connectivity index (χ1) is 24.5. The molecule has 3 N–H and O–H groups in total. The van der Waals surface area contributed by atoms with E-state index in [1.165, 1.54) is 9.80 Å². The maximum Gasteiger partial charge on any atom is 0.471 e. The molecule has 52 heavy (non-hydrogen) atoms. The molecule has 7 amide bonds. The lowest BCUT2D eigenvalue weighted by Crippen LogP contribution is -2.65. The molecule has 3 rings (SSSR count). The summed E-state index contributed by atoms with van der Waals surface area (Å²) in [6, 6.07) is -2.61. The van der Waals surface area contributed by atoms with Gasteiger partial charge < -0.3 is 35.6 Å². The Hall–Kier alpha value is -3.92. The summed E-state index contributed by atoms with van der Waals surface area (Å²) in [6.45, 7) is 8.56. The average Bonchev–Trinajstić information content (AvgIpc) is 3.89. The summed E-state index contributed by atoms with van der Waals surface area (Å²) in [7, 11) is 0. The molecule has 0 aromatic carbocycles. The summed E-state index contributed by atoms with van der Waals surface area (Å²) in [4.78, 5) is 98.9. The fraction of sp³-hybridized carbons (Fsp3) is 0.800. The zero-order valence-corrected chi connectivity index (χ0v) is 30.9. The molecule has 0 spiro atoms. The minimum absolute atomic E-state index is 0.0118. The summed E-state index contributed by atoms with van der Waals surface area (Å²) in [5, 5.41) is 7.21. The van der Waals surface area contributed by atoms with E-state index in [4.69, 9.17) is 0 Å². The molecule has 294 valence electrons. The van der Waals surface area contributed by atoms with Crippen LogP contribution < -0.4 is 16.0 Å². The molecule has 17 heteroatoms. The second kappa shape index (κ2) is 19.2. The number of carbonyl (C=O) groups excluding carboxylic acids is 7. The molecule has 3 aliphatic rings. The molecule has 0 bridgehead atoms. The van der Waals surface area contributed by atoms with Crippen molar-refractivity contribution in [1.29, 1.82) is 0 Å². The Morgan fingerprint density at radius 3 is 1.88 bits per heavy atom. The molecule has 14 nitrogen and oxygen atoms in total. The lowest BCUT2D eigenvalue weighted by molar-refractivity contribution is -0.177. The van der Waals surface area contributed by atoms with Crippen LogP contribution in [0.4, 0.5) is 13.2 Å². The number of nitrogens with one attached hydrogen (secondary N) is 3. The van der Waals surface area contributed by atoms with E-state index in [1.807, 2.05) is 12.2 Å². The zero-order valence-electron chi connectivity index (χ0n) is 30.9. The SMILES string of the molecule is CCCN(CC(=O)NCC(=O)N1CCCC1)C(=O)C[C@H](NC(=O)C(C(C)C)N(CCC)C(=O)C1(NC(=O)C(F)(F)F)CCCC1)C(=O)N1CCCC1. The molecule has 2 heterocycles. The third kappa shape index (κ3) is 11.3. The Labute approximate surface area is 303 Å². The third-order valence-corrected chi connectivity index (χ3v) is 9.93. The second-order valence-corrected chi connectivity index (χ2v) is 14.4. The van der Waals surface area contributed by atoms with Crippen LogP contribution in [0.1, 0.15) is 98.3 Å². The number of nitrogens with zero attached hydrogens (tertiary/aromatic N) is 4. The van der Waals surface area contributed by atoms with Crippen molar-refractivity contribution in [2.75, 3.05) is 52.4 Å². The molecule has 2 aliphatic heterocycles. The fourth-order valence-corrected chi connectivity index (χ4v) is 7.31. The summed E-state index contributed by atoms with van der Waals surface area (Å²) >= 11 is 0. The van der Waals surface area contributed by atoms with Crippen LogP contribution in [0.2, 0.25) is 0 Å². The van der Waals surface area contributed by atoms with Crippen LogP contribution in [-0.4, -0.2) is 137 Å². The van der Waals surface area contributed by atoms with Crippen molar-refractivity contribution in [2.45, 2.75) is 122 Å². The van der Waals surface area contributed by atoms with Crippen LogP contribution >= 0.6 is 0 Å². The maximum absolute atomic E-state index is 14.2. The molecular weight excluding hydrogens is 687 g/mol. The zero-order chi connectivity index (χ0) is 38.6. The van der Waals surface area contributed by atoms with Crippen LogP contribution in [0.5, 0.6) is 0 Å². The van der Waals surface area contributed by atoms with Gasteiger partial charge in [0.2, 0.25) is 35.4 Å². The lowest BCUT2D eigenvalue weighted by atomic mass is 9.91. The van der Waals surface area contributed by atoms with Crippen LogP contribution in [0.25, 0.3) is 0 Å². The number of amides is 7. The van der Waals surface area contributed by atoms with Gasteiger partial charge >= 0.3 is 12.1 Å². The molecule has 1 saturated carbocycles. The van der Waals surface area contributed by atoms with E-state index in [2.05, 4.69) is 10.6 Å². The predicted octanol–water partition coefficient (Wildman–Crippen LogP) is 1.72. The minimum atomic E-state index is -5.21. The smallest absolute Gasteiger partial charge is 0.345 e. The molecule has 3 fully saturated rings. The van der Waals surface area contributed by atoms with E-state index in [-0.39, 0.29) is 44.9 Å². The highest BCUT2D eigenvalue weighted by Gasteiger charge is 2.52. The van der Waals surface area contributed by atoms with Gasteiger partial charge in [-0.05, 0) is 57.3 Å². The summed E-state index contributed by atoms with van der Waals surface area (Å²) in [5.74, 6) is -6.22. The highest BCUT2D eigenvalue weighted by atomic mass is 19.4. The van der Waals surface area contributed by atoms with Gasteiger partial charge in [0.05, 0.1) is 19.5 Å². The van der Waals surface area contributed by atoms with Gasteiger partial charge in [-0.15, -0.1) is 0 Å². The van der Waals surface area contributed by atoms with Crippen molar-refractivity contribution in [1.82, 2.24) is 35.6 Å². The maximum atomic E-state index is 14.2. The number of alkyl halides is 3. The van der Waals surface area contributed by atoms with Crippen molar-refractivity contribution in [3.05, 3.63) is 0 Å². The molecule has 0 aromatic rings. The normalized spacial score (nSPS) is 18.2. The van der Waals surface area contributed by atoms with E-state index >= 15 is 0 Å². The molecular formula is C35H56F3N7O7. The van der Waals surface area contributed by atoms with Crippen molar-refractivity contribution < 1.29 is 46.7 Å². The van der Waals surface area contributed by atoms with Gasteiger partial charge in [0.25, 0.3) is 0 Å². The number of rotatable bonds is 17. The molecule has 1 unspecified atom stereocenters. The number of hydrogen-bond donors (Lipinski definition) is 3.